The van der Waals surface area contributed by atoms with Gasteiger partial charge in [-0.1, -0.05) is 0 Å². The molecule has 1 N–H and O–H groups in total. The molecule has 0 aromatic rings. The summed E-state index contributed by atoms with van der Waals surface area (Å²) in [7, 11) is 0. The van der Waals surface area contributed by atoms with Gasteiger partial charge in [0.2, 0.25) is 0 Å². The Morgan fingerprint density at radius 1 is 1.38 bits per heavy atom. The van der Waals surface area contributed by atoms with Crippen LogP contribution in [0, 0.1) is 11.8 Å². The van der Waals surface area contributed by atoms with Crippen molar-refractivity contribution in [1.29, 1.82) is 0 Å². The van der Waals surface area contributed by atoms with Gasteiger partial charge in [0.25, 0.3) is 0 Å². The fourth-order valence-electron chi connectivity index (χ4n) is 1.40. The molecule has 2 aliphatic rings. The van der Waals surface area contributed by atoms with E-state index in [0.29, 0.717) is 18.4 Å². The molecule has 2 nitrogen and oxygen atoms in total. The topological polar surface area (TPSA) is 29.5 Å². The first-order valence-corrected chi connectivity index (χ1v) is 3.14. The first-order valence-electron chi connectivity index (χ1n) is 3.14. The highest BCUT2D eigenvalue weighted by Gasteiger charge is 2.45. The van der Waals surface area contributed by atoms with Crippen LogP contribution in [0.2, 0.25) is 0 Å². The average molecular weight is 114 g/mol. The summed E-state index contributed by atoms with van der Waals surface area (Å²) in [5, 5.41) is 9.09. The lowest BCUT2D eigenvalue weighted by atomic mass is 10.2. The van der Waals surface area contributed by atoms with Crippen molar-refractivity contribution in [3.63, 3.8) is 0 Å². The van der Waals surface area contributed by atoms with Gasteiger partial charge in [0.1, 0.15) is 0 Å². The van der Waals surface area contributed by atoms with Gasteiger partial charge in [0, 0.05) is 6.61 Å². The minimum Gasteiger partial charge on any atom is -0.390 e. The van der Waals surface area contributed by atoms with Crippen LogP contribution in [0.1, 0.15) is 6.42 Å². The summed E-state index contributed by atoms with van der Waals surface area (Å²) in [6.45, 7) is 1.46. The van der Waals surface area contributed by atoms with Crippen LogP contribution in [0.25, 0.3) is 0 Å². The molecule has 2 rings (SSSR count). The van der Waals surface area contributed by atoms with Gasteiger partial charge in [-0.3, -0.25) is 0 Å². The zero-order valence-electron chi connectivity index (χ0n) is 4.71. The Balaban J connectivity index is 1.99. The molecular weight excluding hydrogens is 104 g/mol. The molecule has 0 radical (unpaired) electrons. The molecular formula is C6H10O2. The Morgan fingerprint density at radius 2 is 2.25 bits per heavy atom. The molecule has 3 atom stereocenters. The highest BCUT2D eigenvalue weighted by Crippen LogP contribution is 2.43. The molecule has 0 unspecified atom stereocenters. The molecule has 1 saturated carbocycles. The van der Waals surface area contributed by atoms with Crippen LogP contribution in [-0.2, 0) is 4.74 Å². The number of aliphatic hydroxyl groups excluding tert-OH is 1. The van der Waals surface area contributed by atoms with Gasteiger partial charge < -0.3 is 9.84 Å². The van der Waals surface area contributed by atoms with Gasteiger partial charge in [0.05, 0.1) is 12.7 Å². The van der Waals surface area contributed by atoms with Gasteiger partial charge in [-0.25, -0.2) is 0 Å². The normalized spacial score (nSPS) is 52.9. The maximum atomic E-state index is 9.09. The second-order valence-corrected chi connectivity index (χ2v) is 2.76. The Hall–Kier alpha value is -0.0800. The van der Waals surface area contributed by atoms with Gasteiger partial charge >= 0.3 is 0 Å². The van der Waals surface area contributed by atoms with Gasteiger partial charge in [-0.15, -0.1) is 0 Å². The molecule has 0 bridgehead atoms. The second kappa shape index (κ2) is 1.45. The lowest BCUT2D eigenvalue weighted by Crippen LogP contribution is -2.24. The highest BCUT2D eigenvalue weighted by atomic mass is 16.5. The van der Waals surface area contributed by atoms with Crippen molar-refractivity contribution in [3.8, 4) is 0 Å². The first-order chi connectivity index (χ1) is 3.88. The van der Waals surface area contributed by atoms with Crippen LogP contribution in [0.15, 0.2) is 0 Å². The average Bonchev–Trinajstić information content (AvgIpc) is 2.45. The molecule has 1 saturated heterocycles. The van der Waals surface area contributed by atoms with Crippen molar-refractivity contribution in [2.24, 2.45) is 11.8 Å². The third-order valence-corrected chi connectivity index (χ3v) is 2.09. The molecule has 0 aromatic heterocycles. The summed E-state index contributed by atoms with van der Waals surface area (Å²) in [4.78, 5) is 0. The van der Waals surface area contributed by atoms with Crippen molar-refractivity contribution < 1.29 is 9.84 Å². The predicted molar refractivity (Wildman–Crippen MR) is 28.4 cm³/mol. The maximum Gasteiger partial charge on any atom is 0.0805 e. The number of hydrogen-bond donors (Lipinski definition) is 1. The highest BCUT2D eigenvalue weighted by molar-refractivity contribution is 4.93. The number of fused-ring (bicyclic) bond motifs is 1. The van der Waals surface area contributed by atoms with E-state index in [-0.39, 0.29) is 6.10 Å². The van der Waals surface area contributed by atoms with E-state index in [1.54, 1.807) is 0 Å². The third-order valence-electron chi connectivity index (χ3n) is 2.09. The van der Waals surface area contributed by atoms with Crippen LogP contribution < -0.4 is 0 Å². The number of ether oxygens (including phenoxy) is 1. The lowest BCUT2D eigenvalue weighted by molar-refractivity contribution is -0.0130. The summed E-state index contributed by atoms with van der Waals surface area (Å²) in [6.07, 6.45) is 1.05. The van der Waals surface area contributed by atoms with Crippen LogP contribution >= 0.6 is 0 Å². The van der Waals surface area contributed by atoms with E-state index in [2.05, 4.69) is 0 Å². The zero-order valence-corrected chi connectivity index (χ0v) is 4.71. The second-order valence-electron chi connectivity index (χ2n) is 2.76. The smallest absolute Gasteiger partial charge is 0.0805 e. The summed E-state index contributed by atoms with van der Waals surface area (Å²) < 4.78 is 5.09. The molecule has 2 heteroatoms. The summed E-state index contributed by atoms with van der Waals surface area (Å²) in [6, 6.07) is 0. The third kappa shape index (κ3) is 0.565. The van der Waals surface area contributed by atoms with Crippen molar-refractivity contribution in [2.75, 3.05) is 13.2 Å². The number of aliphatic hydroxyl groups is 1. The monoisotopic (exact) mass is 114 g/mol. The zero-order chi connectivity index (χ0) is 5.56. The Morgan fingerprint density at radius 3 is 2.88 bits per heavy atom. The van der Waals surface area contributed by atoms with E-state index >= 15 is 0 Å². The SMILES string of the molecule is O[C@@H]1COC[C@@H]2C[C@@H]21. The summed E-state index contributed by atoms with van der Waals surface area (Å²) in [5.41, 5.74) is 0. The molecule has 1 heterocycles. The largest absolute Gasteiger partial charge is 0.390 e. The van der Waals surface area contributed by atoms with E-state index in [1.165, 1.54) is 6.42 Å². The molecule has 1 aliphatic carbocycles. The van der Waals surface area contributed by atoms with Crippen molar-refractivity contribution in [2.45, 2.75) is 12.5 Å². The molecule has 0 spiro atoms. The Kier molecular flexibility index (Phi) is 0.866. The molecule has 2 fully saturated rings. The minimum absolute atomic E-state index is 0.145. The van der Waals surface area contributed by atoms with E-state index in [0.717, 1.165) is 6.61 Å². The number of hydrogen-bond acceptors (Lipinski definition) is 2. The van der Waals surface area contributed by atoms with E-state index in [1.807, 2.05) is 0 Å². The van der Waals surface area contributed by atoms with E-state index in [9.17, 15) is 0 Å². The fraction of sp³-hybridized carbons (Fsp3) is 1.00. The van der Waals surface area contributed by atoms with Crippen LogP contribution in [0.3, 0.4) is 0 Å². The standard InChI is InChI=1S/C6H10O2/c7-6-3-8-2-4-1-5(4)6/h4-7H,1-3H2/t4-,5-,6+/m0/s1. The van der Waals surface area contributed by atoms with Crippen LogP contribution in [0.4, 0.5) is 0 Å². The van der Waals surface area contributed by atoms with Crippen molar-refractivity contribution in [3.05, 3.63) is 0 Å². The Labute approximate surface area is 48.5 Å². The van der Waals surface area contributed by atoms with Crippen molar-refractivity contribution in [1.82, 2.24) is 0 Å². The molecule has 0 amide bonds. The van der Waals surface area contributed by atoms with Gasteiger partial charge in [0.15, 0.2) is 0 Å². The number of rotatable bonds is 0. The molecule has 46 valence electrons. The predicted octanol–water partition coefficient (Wildman–Crippen LogP) is 0.0136. The van der Waals surface area contributed by atoms with Crippen molar-refractivity contribution >= 4 is 0 Å². The molecule has 0 aromatic carbocycles. The van der Waals surface area contributed by atoms with Crippen LogP contribution in [-0.4, -0.2) is 24.4 Å². The lowest BCUT2D eigenvalue weighted by Gasteiger charge is -2.15. The summed E-state index contributed by atoms with van der Waals surface area (Å²) in [5.74, 6) is 1.31. The Bertz CT molecular complexity index is 103. The summed E-state index contributed by atoms with van der Waals surface area (Å²) >= 11 is 0. The quantitative estimate of drug-likeness (QED) is 0.481. The first kappa shape index (κ1) is 4.77. The minimum atomic E-state index is -0.145. The molecule has 1 aliphatic heterocycles. The molecule has 8 heavy (non-hydrogen) atoms. The van der Waals surface area contributed by atoms with E-state index < -0.39 is 0 Å². The van der Waals surface area contributed by atoms with Gasteiger partial charge in [-0.05, 0) is 18.3 Å². The fourth-order valence-corrected chi connectivity index (χ4v) is 1.40. The maximum absolute atomic E-state index is 9.09. The van der Waals surface area contributed by atoms with E-state index in [4.69, 9.17) is 9.84 Å². The van der Waals surface area contributed by atoms with Crippen LogP contribution in [0.5, 0.6) is 0 Å². The van der Waals surface area contributed by atoms with Gasteiger partial charge in [-0.2, -0.15) is 0 Å².